The number of hydrogen-bond acceptors (Lipinski definition) is 3. The van der Waals surface area contributed by atoms with Crippen molar-refractivity contribution in [3.63, 3.8) is 0 Å². The van der Waals surface area contributed by atoms with Gasteiger partial charge in [0.1, 0.15) is 6.10 Å². The van der Waals surface area contributed by atoms with Crippen molar-refractivity contribution in [2.24, 2.45) is 0 Å². The molecule has 2 fully saturated rings. The number of rotatable bonds is 6. The Bertz CT molecular complexity index is 423. The quantitative estimate of drug-likeness (QED) is 0.852. The van der Waals surface area contributed by atoms with Crippen LogP contribution in [0.4, 0.5) is 0 Å². The van der Waals surface area contributed by atoms with Gasteiger partial charge in [-0.3, -0.25) is 0 Å². The minimum absolute atomic E-state index is 0.392. The standard InChI is InChI=1S/C16H24N2O/c1-2-13-9-12(11-17-14-7-8-14)10-16(18-13)19-15-5-3-4-6-15/h9-10,14-15,17H,2-8,11H2,1H3. The van der Waals surface area contributed by atoms with E-state index >= 15 is 0 Å². The van der Waals surface area contributed by atoms with Crippen molar-refractivity contribution in [1.82, 2.24) is 10.3 Å². The van der Waals surface area contributed by atoms with E-state index in [-0.39, 0.29) is 0 Å². The van der Waals surface area contributed by atoms with Gasteiger partial charge in [0.2, 0.25) is 5.88 Å². The molecule has 0 unspecified atom stereocenters. The zero-order chi connectivity index (χ0) is 13.1. The first-order valence-corrected chi connectivity index (χ1v) is 7.73. The molecule has 3 heteroatoms. The first-order chi connectivity index (χ1) is 9.33. The van der Waals surface area contributed by atoms with Gasteiger partial charge in [0, 0.05) is 24.3 Å². The predicted octanol–water partition coefficient (Wildman–Crippen LogP) is 3.22. The maximum atomic E-state index is 6.04. The average Bonchev–Trinajstić information content (AvgIpc) is 3.13. The summed E-state index contributed by atoms with van der Waals surface area (Å²) in [5, 5.41) is 3.56. The number of aryl methyl sites for hydroxylation is 1. The molecule has 0 aliphatic heterocycles. The van der Waals surface area contributed by atoms with Crippen LogP contribution in [0.25, 0.3) is 0 Å². The van der Waals surface area contributed by atoms with E-state index in [4.69, 9.17) is 4.74 Å². The van der Waals surface area contributed by atoms with E-state index in [0.717, 1.165) is 30.6 Å². The molecule has 1 aromatic heterocycles. The lowest BCUT2D eigenvalue weighted by Crippen LogP contribution is -2.17. The second-order valence-electron chi connectivity index (χ2n) is 5.84. The van der Waals surface area contributed by atoms with Gasteiger partial charge in [-0.25, -0.2) is 4.98 Å². The van der Waals surface area contributed by atoms with Crippen molar-refractivity contribution in [2.75, 3.05) is 0 Å². The summed E-state index contributed by atoms with van der Waals surface area (Å²) in [5.74, 6) is 0.832. The lowest BCUT2D eigenvalue weighted by atomic mass is 10.2. The van der Waals surface area contributed by atoms with Crippen LogP contribution >= 0.6 is 0 Å². The summed E-state index contributed by atoms with van der Waals surface area (Å²) in [6.45, 7) is 3.10. The largest absolute Gasteiger partial charge is 0.474 e. The molecule has 0 aromatic carbocycles. The molecule has 1 N–H and O–H groups in total. The summed E-state index contributed by atoms with van der Waals surface area (Å²) in [4.78, 5) is 4.61. The van der Waals surface area contributed by atoms with Crippen LogP contribution in [0.3, 0.4) is 0 Å². The molecule has 2 saturated carbocycles. The van der Waals surface area contributed by atoms with Crippen LogP contribution in [0, 0.1) is 0 Å². The number of nitrogens with one attached hydrogen (secondary N) is 1. The third-order valence-corrected chi connectivity index (χ3v) is 4.04. The number of hydrogen-bond donors (Lipinski definition) is 1. The van der Waals surface area contributed by atoms with Crippen LogP contribution in [-0.4, -0.2) is 17.1 Å². The van der Waals surface area contributed by atoms with Gasteiger partial charge in [-0.15, -0.1) is 0 Å². The smallest absolute Gasteiger partial charge is 0.214 e. The predicted molar refractivity (Wildman–Crippen MR) is 76.4 cm³/mol. The fourth-order valence-corrected chi connectivity index (χ4v) is 2.69. The molecule has 19 heavy (non-hydrogen) atoms. The number of ether oxygens (including phenoxy) is 1. The highest BCUT2D eigenvalue weighted by molar-refractivity contribution is 5.25. The normalized spacial score (nSPS) is 19.8. The molecular formula is C16H24N2O. The Hall–Kier alpha value is -1.09. The first kappa shape index (κ1) is 12.9. The summed E-state index contributed by atoms with van der Waals surface area (Å²) < 4.78 is 6.04. The molecule has 2 aliphatic rings. The van der Waals surface area contributed by atoms with Crippen LogP contribution in [0.2, 0.25) is 0 Å². The van der Waals surface area contributed by atoms with Crippen LogP contribution in [0.1, 0.15) is 56.7 Å². The van der Waals surface area contributed by atoms with E-state index in [1.54, 1.807) is 0 Å². The van der Waals surface area contributed by atoms with Crippen molar-refractivity contribution < 1.29 is 4.74 Å². The molecule has 0 amide bonds. The van der Waals surface area contributed by atoms with Crippen molar-refractivity contribution in [1.29, 1.82) is 0 Å². The van der Waals surface area contributed by atoms with Crippen LogP contribution < -0.4 is 10.1 Å². The third kappa shape index (κ3) is 3.69. The molecule has 3 nitrogen and oxygen atoms in total. The Morgan fingerprint density at radius 3 is 2.68 bits per heavy atom. The van der Waals surface area contributed by atoms with Gasteiger partial charge >= 0.3 is 0 Å². The van der Waals surface area contributed by atoms with E-state index in [2.05, 4.69) is 29.4 Å². The van der Waals surface area contributed by atoms with E-state index in [1.165, 1.54) is 44.1 Å². The Kier molecular flexibility index (Phi) is 4.02. The summed E-state index contributed by atoms with van der Waals surface area (Å²) >= 11 is 0. The van der Waals surface area contributed by atoms with E-state index in [9.17, 15) is 0 Å². The Balaban J connectivity index is 1.67. The number of nitrogens with zero attached hydrogens (tertiary/aromatic N) is 1. The number of pyridine rings is 1. The SMILES string of the molecule is CCc1cc(CNC2CC2)cc(OC2CCCC2)n1. The van der Waals surface area contributed by atoms with Crippen LogP contribution in [0.15, 0.2) is 12.1 Å². The molecule has 0 bridgehead atoms. The zero-order valence-corrected chi connectivity index (χ0v) is 11.8. The molecule has 1 aromatic rings. The van der Waals surface area contributed by atoms with Gasteiger partial charge < -0.3 is 10.1 Å². The van der Waals surface area contributed by atoms with Crippen molar-refractivity contribution in [3.8, 4) is 5.88 Å². The minimum Gasteiger partial charge on any atom is -0.474 e. The fraction of sp³-hybridized carbons (Fsp3) is 0.688. The van der Waals surface area contributed by atoms with Crippen LogP contribution in [-0.2, 0) is 13.0 Å². The molecule has 3 rings (SSSR count). The molecule has 0 atom stereocenters. The monoisotopic (exact) mass is 260 g/mol. The highest BCUT2D eigenvalue weighted by Gasteiger charge is 2.21. The van der Waals surface area contributed by atoms with Crippen molar-refractivity contribution >= 4 is 0 Å². The van der Waals surface area contributed by atoms with Gasteiger partial charge in [0.05, 0.1) is 0 Å². The summed E-state index contributed by atoms with van der Waals surface area (Å²) in [6.07, 6.45) is 9.00. The highest BCUT2D eigenvalue weighted by Crippen LogP contribution is 2.24. The molecule has 0 spiro atoms. The average molecular weight is 260 g/mol. The summed E-state index contributed by atoms with van der Waals surface area (Å²) in [5.41, 5.74) is 2.45. The molecular weight excluding hydrogens is 236 g/mol. The highest BCUT2D eigenvalue weighted by atomic mass is 16.5. The van der Waals surface area contributed by atoms with Gasteiger partial charge in [-0.1, -0.05) is 6.92 Å². The Labute approximate surface area is 115 Å². The van der Waals surface area contributed by atoms with Crippen molar-refractivity contribution in [2.45, 2.75) is 70.6 Å². The maximum Gasteiger partial charge on any atom is 0.214 e. The van der Waals surface area contributed by atoms with Crippen molar-refractivity contribution in [3.05, 3.63) is 23.4 Å². The van der Waals surface area contributed by atoms with Gasteiger partial charge in [0.25, 0.3) is 0 Å². The molecule has 0 saturated heterocycles. The summed E-state index contributed by atoms with van der Waals surface area (Å²) in [6, 6.07) is 5.07. The lowest BCUT2D eigenvalue weighted by Gasteiger charge is -2.14. The Morgan fingerprint density at radius 1 is 1.21 bits per heavy atom. The second-order valence-corrected chi connectivity index (χ2v) is 5.84. The first-order valence-electron chi connectivity index (χ1n) is 7.73. The number of aromatic nitrogens is 1. The molecule has 1 heterocycles. The zero-order valence-electron chi connectivity index (χ0n) is 11.8. The van der Waals surface area contributed by atoms with Crippen LogP contribution in [0.5, 0.6) is 5.88 Å². The Morgan fingerprint density at radius 2 is 2.00 bits per heavy atom. The minimum atomic E-state index is 0.392. The fourth-order valence-electron chi connectivity index (χ4n) is 2.69. The molecule has 2 aliphatic carbocycles. The molecule has 0 radical (unpaired) electrons. The van der Waals surface area contributed by atoms with Gasteiger partial charge in [-0.2, -0.15) is 0 Å². The summed E-state index contributed by atoms with van der Waals surface area (Å²) in [7, 11) is 0. The maximum absolute atomic E-state index is 6.04. The van der Waals surface area contributed by atoms with Gasteiger partial charge in [-0.05, 0) is 56.6 Å². The second kappa shape index (κ2) is 5.91. The topological polar surface area (TPSA) is 34.1 Å². The lowest BCUT2D eigenvalue weighted by molar-refractivity contribution is 0.200. The van der Waals surface area contributed by atoms with E-state index in [0.29, 0.717) is 6.10 Å². The third-order valence-electron chi connectivity index (χ3n) is 4.04. The molecule has 104 valence electrons. The van der Waals surface area contributed by atoms with E-state index < -0.39 is 0 Å². The van der Waals surface area contributed by atoms with E-state index in [1.807, 2.05) is 0 Å². The van der Waals surface area contributed by atoms with Gasteiger partial charge in [0.15, 0.2) is 0 Å².